The molecular weight excluding hydrogens is 232 g/mol. The van der Waals surface area contributed by atoms with Crippen LogP contribution in [-0.2, 0) is 0 Å². The Balaban J connectivity index is 2.85. The van der Waals surface area contributed by atoms with E-state index in [2.05, 4.69) is 4.98 Å². The average Bonchev–Trinajstić information content (AvgIpc) is 2.29. The zero-order valence-corrected chi connectivity index (χ0v) is 8.38. The number of aromatic amines is 1. The van der Waals surface area contributed by atoms with E-state index in [9.17, 15) is 18.4 Å². The Hall–Kier alpha value is -2.28. The lowest BCUT2D eigenvalue weighted by molar-refractivity contribution is 0.0952. The van der Waals surface area contributed by atoms with Crippen LogP contribution < -0.4 is 16.7 Å². The summed E-state index contributed by atoms with van der Waals surface area (Å²) in [5.41, 5.74) is 0.501. The number of pyridine rings is 1. The summed E-state index contributed by atoms with van der Waals surface area (Å²) in [7, 11) is 0. The van der Waals surface area contributed by atoms with Crippen LogP contribution in [0.15, 0.2) is 23.1 Å². The third-order valence-electron chi connectivity index (χ3n) is 2.28. The summed E-state index contributed by atoms with van der Waals surface area (Å²) < 4.78 is 26.3. The van der Waals surface area contributed by atoms with Gasteiger partial charge in [0.25, 0.3) is 5.91 Å². The predicted octanol–water partition coefficient (Wildman–Crippen LogP) is 0.410. The fourth-order valence-corrected chi connectivity index (χ4v) is 1.50. The molecule has 0 saturated carbocycles. The van der Waals surface area contributed by atoms with Crippen LogP contribution in [0.3, 0.4) is 0 Å². The van der Waals surface area contributed by atoms with Gasteiger partial charge >= 0.3 is 0 Å². The van der Waals surface area contributed by atoms with Crippen molar-refractivity contribution in [3.8, 4) is 0 Å². The summed E-state index contributed by atoms with van der Waals surface area (Å²) in [6.07, 6.45) is 1.02. The third-order valence-corrected chi connectivity index (χ3v) is 2.28. The van der Waals surface area contributed by atoms with Gasteiger partial charge in [-0.1, -0.05) is 0 Å². The lowest BCUT2D eigenvalue weighted by atomic mass is 10.1. The van der Waals surface area contributed by atoms with E-state index in [1.165, 1.54) is 0 Å². The van der Waals surface area contributed by atoms with Gasteiger partial charge in [-0.15, -0.1) is 0 Å². The zero-order valence-electron chi connectivity index (χ0n) is 8.38. The number of rotatable bonds is 1. The van der Waals surface area contributed by atoms with Crippen LogP contribution in [0.2, 0.25) is 0 Å². The molecule has 0 aliphatic heterocycles. The molecule has 0 bridgehead atoms. The van der Waals surface area contributed by atoms with E-state index in [4.69, 9.17) is 5.84 Å². The minimum absolute atomic E-state index is 0.162. The number of H-pyrrole nitrogens is 1. The van der Waals surface area contributed by atoms with E-state index in [1.807, 2.05) is 0 Å². The van der Waals surface area contributed by atoms with Crippen LogP contribution in [0.25, 0.3) is 10.9 Å². The van der Waals surface area contributed by atoms with Gasteiger partial charge in [0.05, 0.1) is 10.9 Å². The van der Waals surface area contributed by atoms with Crippen LogP contribution in [0.4, 0.5) is 8.78 Å². The van der Waals surface area contributed by atoms with Crippen molar-refractivity contribution in [2.75, 3.05) is 0 Å². The fourth-order valence-electron chi connectivity index (χ4n) is 1.50. The molecule has 17 heavy (non-hydrogen) atoms. The quantitative estimate of drug-likeness (QED) is 0.382. The second-order valence-electron chi connectivity index (χ2n) is 3.32. The molecule has 1 heterocycles. The van der Waals surface area contributed by atoms with Crippen LogP contribution in [-0.4, -0.2) is 10.9 Å². The van der Waals surface area contributed by atoms with Gasteiger partial charge in [0.15, 0.2) is 0 Å². The molecule has 1 aromatic carbocycles. The molecule has 0 spiro atoms. The monoisotopic (exact) mass is 239 g/mol. The lowest BCUT2D eigenvalue weighted by Gasteiger charge is -2.03. The third kappa shape index (κ3) is 1.76. The smallest absolute Gasteiger partial charge is 0.270 e. The largest absolute Gasteiger partial charge is 0.358 e. The Bertz CT molecular complexity index is 666. The number of hydrogen-bond acceptors (Lipinski definition) is 3. The highest BCUT2D eigenvalue weighted by Crippen LogP contribution is 2.14. The lowest BCUT2D eigenvalue weighted by Crippen LogP contribution is -2.34. The van der Waals surface area contributed by atoms with Gasteiger partial charge in [-0.3, -0.25) is 15.0 Å². The van der Waals surface area contributed by atoms with Crippen molar-refractivity contribution in [3.63, 3.8) is 0 Å². The number of carbonyl (C=O) groups excluding carboxylic acids is 1. The molecule has 2 rings (SSSR count). The number of hydrazine groups is 1. The number of carbonyl (C=O) groups is 1. The Labute approximate surface area is 93.2 Å². The Morgan fingerprint density at radius 3 is 2.71 bits per heavy atom. The molecule has 0 atom stereocenters. The van der Waals surface area contributed by atoms with Crippen LogP contribution in [0, 0.1) is 11.6 Å². The minimum atomic E-state index is -0.906. The Morgan fingerprint density at radius 1 is 1.35 bits per heavy atom. The van der Waals surface area contributed by atoms with Crippen molar-refractivity contribution >= 4 is 16.8 Å². The van der Waals surface area contributed by atoms with Crippen molar-refractivity contribution in [3.05, 3.63) is 45.8 Å². The van der Waals surface area contributed by atoms with Gasteiger partial charge in [-0.2, -0.15) is 0 Å². The molecule has 4 N–H and O–H groups in total. The first-order chi connectivity index (χ1) is 8.04. The van der Waals surface area contributed by atoms with Crippen molar-refractivity contribution < 1.29 is 13.6 Å². The summed E-state index contributed by atoms with van der Waals surface area (Å²) in [6.45, 7) is 0. The number of halogens is 2. The molecule has 0 aliphatic carbocycles. The molecule has 5 nitrogen and oxygen atoms in total. The number of aromatic nitrogens is 1. The predicted molar refractivity (Wildman–Crippen MR) is 56.1 cm³/mol. The second kappa shape index (κ2) is 3.95. The number of benzene rings is 1. The highest BCUT2D eigenvalue weighted by atomic mass is 19.1. The number of fused-ring (bicyclic) bond motifs is 1. The highest BCUT2D eigenvalue weighted by molar-refractivity contribution is 5.96. The fraction of sp³-hybridized carbons (Fsp3) is 0. The molecule has 88 valence electrons. The molecular formula is C10H7F2N3O2. The number of amides is 1. The summed E-state index contributed by atoms with van der Waals surface area (Å²) in [6, 6.07) is 1.49. The number of nitrogen functional groups attached to an aromatic ring is 1. The molecule has 1 aromatic heterocycles. The molecule has 2 aromatic rings. The van der Waals surface area contributed by atoms with Gasteiger partial charge in [0, 0.05) is 12.3 Å². The molecule has 1 amide bonds. The maximum atomic E-state index is 13.3. The maximum Gasteiger partial charge on any atom is 0.270 e. The number of hydrogen-bond donors (Lipinski definition) is 3. The molecule has 0 radical (unpaired) electrons. The number of nitrogens with two attached hydrogens (primary N) is 1. The summed E-state index contributed by atoms with van der Waals surface area (Å²) in [5, 5.41) is -0.247. The van der Waals surface area contributed by atoms with Crippen molar-refractivity contribution in [1.82, 2.24) is 10.4 Å². The van der Waals surface area contributed by atoms with Gasteiger partial charge in [-0.25, -0.2) is 14.6 Å². The summed E-state index contributed by atoms with van der Waals surface area (Å²) in [4.78, 5) is 25.4. The van der Waals surface area contributed by atoms with Crippen molar-refractivity contribution in [2.24, 2.45) is 5.84 Å². The summed E-state index contributed by atoms with van der Waals surface area (Å²) in [5.74, 6) is 2.24. The van der Waals surface area contributed by atoms with Gasteiger partial charge in [-0.05, 0) is 6.07 Å². The van der Waals surface area contributed by atoms with E-state index < -0.39 is 23.0 Å². The first kappa shape index (κ1) is 11.2. The van der Waals surface area contributed by atoms with E-state index in [0.29, 0.717) is 6.07 Å². The van der Waals surface area contributed by atoms with Gasteiger partial charge < -0.3 is 4.98 Å². The Morgan fingerprint density at radius 2 is 2.06 bits per heavy atom. The first-order valence-corrected chi connectivity index (χ1v) is 4.56. The second-order valence-corrected chi connectivity index (χ2v) is 3.32. The SMILES string of the molecule is NNC(=O)c1c[nH]c2c(F)cc(F)cc2c1=O. The molecule has 0 saturated heterocycles. The van der Waals surface area contributed by atoms with Crippen LogP contribution in [0.1, 0.15) is 10.4 Å². The van der Waals surface area contributed by atoms with E-state index in [1.54, 1.807) is 5.43 Å². The van der Waals surface area contributed by atoms with Gasteiger partial charge in [0.1, 0.15) is 17.2 Å². The van der Waals surface area contributed by atoms with E-state index in [0.717, 1.165) is 12.3 Å². The van der Waals surface area contributed by atoms with Crippen molar-refractivity contribution in [1.29, 1.82) is 0 Å². The van der Waals surface area contributed by atoms with Crippen LogP contribution in [0.5, 0.6) is 0 Å². The normalized spacial score (nSPS) is 10.5. The highest BCUT2D eigenvalue weighted by Gasteiger charge is 2.14. The molecule has 0 aliphatic rings. The van der Waals surface area contributed by atoms with E-state index >= 15 is 0 Å². The number of nitrogens with one attached hydrogen (secondary N) is 2. The topological polar surface area (TPSA) is 88.0 Å². The van der Waals surface area contributed by atoms with E-state index in [-0.39, 0.29) is 16.5 Å². The summed E-state index contributed by atoms with van der Waals surface area (Å²) >= 11 is 0. The average molecular weight is 239 g/mol. The zero-order chi connectivity index (χ0) is 12.6. The Kier molecular flexibility index (Phi) is 2.60. The molecule has 0 fully saturated rings. The molecule has 0 unspecified atom stereocenters. The van der Waals surface area contributed by atoms with Crippen LogP contribution >= 0.6 is 0 Å². The minimum Gasteiger partial charge on any atom is -0.358 e. The van der Waals surface area contributed by atoms with Gasteiger partial charge in [0.2, 0.25) is 5.43 Å². The maximum absolute atomic E-state index is 13.3. The standard InChI is InChI=1S/C10H7F2N3O2/c11-4-1-5-8(7(12)2-4)14-3-6(9(5)16)10(17)15-13/h1-3H,13H2,(H,14,16)(H,15,17). The van der Waals surface area contributed by atoms with Crippen molar-refractivity contribution in [2.45, 2.75) is 0 Å². The first-order valence-electron chi connectivity index (χ1n) is 4.56. The molecule has 7 heteroatoms.